The normalized spacial score (nSPS) is 12.7. The molecule has 1 N–H and O–H groups in total. The third-order valence-electron chi connectivity index (χ3n) is 3.47. The van der Waals surface area contributed by atoms with Gasteiger partial charge in [0, 0.05) is 0 Å². The van der Waals surface area contributed by atoms with Crippen molar-refractivity contribution in [3.8, 4) is 0 Å². The van der Waals surface area contributed by atoms with E-state index in [1.54, 1.807) is 12.1 Å². The second kappa shape index (κ2) is 5.96. The lowest BCUT2D eigenvalue weighted by molar-refractivity contribution is 0.284. The van der Waals surface area contributed by atoms with Crippen LogP contribution in [0.4, 0.5) is 0 Å². The van der Waals surface area contributed by atoms with Crippen molar-refractivity contribution < 1.29 is 25.6 Å². The summed E-state index contributed by atoms with van der Waals surface area (Å²) in [5.41, 5.74) is 2.20. The topological polar surface area (TPSA) is 97.7 Å². The lowest BCUT2D eigenvalue weighted by Crippen LogP contribution is -2.15. The average Bonchev–Trinajstić information content (AvgIpc) is 2.41. The number of hydrogen-bond donors (Lipinski definition) is 1. The summed E-state index contributed by atoms with van der Waals surface area (Å²) < 4.78 is 57.7. The predicted octanol–water partition coefficient (Wildman–Crippen LogP) is 2.05. The molecule has 0 spiro atoms. The lowest BCUT2D eigenvalue weighted by Gasteiger charge is -2.09. The summed E-state index contributed by atoms with van der Waals surface area (Å²) in [6, 6.07) is 8.51. The minimum absolute atomic E-state index is 0.0854. The first kappa shape index (κ1) is 16.9. The van der Waals surface area contributed by atoms with E-state index in [4.69, 9.17) is 4.55 Å². The summed E-state index contributed by atoms with van der Waals surface area (Å²) in [6.07, 6.45) is 0. The van der Waals surface area contributed by atoms with E-state index in [2.05, 4.69) is 4.18 Å². The van der Waals surface area contributed by atoms with Gasteiger partial charge in [0.25, 0.3) is 0 Å². The molecular formula is C14H16O6S2. The fourth-order valence-electron chi connectivity index (χ4n) is 2.13. The Kier molecular flexibility index (Phi) is 4.57. The molecule has 0 unspecified atom stereocenters. The Balaban J connectivity index is 2.32. The van der Waals surface area contributed by atoms with Crippen LogP contribution in [0.3, 0.4) is 0 Å². The molecule has 2 aromatic carbocycles. The highest BCUT2D eigenvalue weighted by molar-refractivity contribution is 7.91. The van der Waals surface area contributed by atoms with Crippen LogP contribution in [-0.4, -0.2) is 33.7 Å². The minimum Gasteiger partial charge on any atom is -0.264 e. The van der Waals surface area contributed by atoms with Crippen molar-refractivity contribution in [3.05, 3.63) is 41.5 Å². The molecule has 6 nitrogen and oxygen atoms in total. The minimum atomic E-state index is -4.64. The van der Waals surface area contributed by atoms with Gasteiger partial charge in [-0.25, -0.2) is 12.6 Å². The molecule has 0 saturated heterocycles. The summed E-state index contributed by atoms with van der Waals surface area (Å²) in [6.45, 7) is 3.31. The smallest absolute Gasteiger partial charge is 0.264 e. The van der Waals surface area contributed by atoms with Gasteiger partial charge in [0.05, 0.1) is 17.3 Å². The van der Waals surface area contributed by atoms with Gasteiger partial charge in [0.15, 0.2) is 9.84 Å². The molecule has 0 heterocycles. The van der Waals surface area contributed by atoms with Crippen LogP contribution in [-0.2, 0) is 24.4 Å². The maximum atomic E-state index is 12.2. The molecule has 0 aliphatic heterocycles. The third kappa shape index (κ3) is 3.83. The van der Waals surface area contributed by atoms with Crippen molar-refractivity contribution >= 4 is 31.0 Å². The van der Waals surface area contributed by atoms with Crippen molar-refractivity contribution in [2.45, 2.75) is 18.7 Å². The highest BCUT2D eigenvalue weighted by Gasteiger charge is 2.17. The van der Waals surface area contributed by atoms with Crippen molar-refractivity contribution in [2.75, 3.05) is 12.4 Å². The van der Waals surface area contributed by atoms with E-state index in [-0.39, 0.29) is 4.90 Å². The molecule has 0 saturated carbocycles. The number of sulfone groups is 1. The first-order valence-corrected chi connectivity index (χ1v) is 9.46. The summed E-state index contributed by atoms with van der Waals surface area (Å²) >= 11 is 0. The summed E-state index contributed by atoms with van der Waals surface area (Å²) in [7, 11) is -8.34. The van der Waals surface area contributed by atoms with E-state index in [1.807, 2.05) is 26.0 Å². The van der Waals surface area contributed by atoms with E-state index in [0.29, 0.717) is 0 Å². The van der Waals surface area contributed by atoms with E-state index in [0.717, 1.165) is 21.9 Å². The maximum Gasteiger partial charge on any atom is 0.397 e. The maximum absolute atomic E-state index is 12.2. The Morgan fingerprint density at radius 2 is 1.73 bits per heavy atom. The lowest BCUT2D eigenvalue weighted by atomic mass is 10.0. The summed E-state index contributed by atoms with van der Waals surface area (Å²) in [5.74, 6) is -0.539. The Morgan fingerprint density at radius 1 is 1.05 bits per heavy atom. The molecule has 0 aliphatic rings. The van der Waals surface area contributed by atoms with Gasteiger partial charge in [0.1, 0.15) is 0 Å². The average molecular weight is 344 g/mol. The van der Waals surface area contributed by atoms with Gasteiger partial charge in [-0.3, -0.25) is 4.55 Å². The van der Waals surface area contributed by atoms with E-state index in [9.17, 15) is 16.8 Å². The van der Waals surface area contributed by atoms with Crippen molar-refractivity contribution in [1.82, 2.24) is 0 Å². The summed E-state index contributed by atoms with van der Waals surface area (Å²) in [4.78, 5) is 0.0854. The van der Waals surface area contributed by atoms with Gasteiger partial charge in [-0.1, -0.05) is 18.2 Å². The monoisotopic (exact) mass is 344 g/mol. The van der Waals surface area contributed by atoms with Crippen molar-refractivity contribution in [1.29, 1.82) is 0 Å². The number of benzene rings is 2. The van der Waals surface area contributed by atoms with E-state index < -0.39 is 32.6 Å². The van der Waals surface area contributed by atoms with Gasteiger partial charge < -0.3 is 0 Å². The van der Waals surface area contributed by atoms with Gasteiger partial charge in [-0.15, -0.1) is 0 Å². The molecule has 0 aliphatic carbocycles. The van der Waals surface area contributed by atoms with Crippen LogP contribution in [0.15, 0.2) is 35.2 Å². The Bertz CT molecular complexity index is 914. The van der Waals surface area contributed by atoms with Crippen LogP contribution in [0.2, 0.25) is 0 Å². The highest BCUT2D eigenvalue weighted by Crippen LogP contribution is 2.24. The largest absolute Gasteiger partial charge is 0.397 e. The van der Waals surface area contributed by atoms with E-state index in [1.165, 1.54) is 6.07 Å². The number of aryl methyl sites for hydroxylation is 2. The SMILES string of the molecule is Cc1ccc2cc(S(=O)(=O)CCOS(=O)(=O)O)ccc2c1C. The first-order chi connectivity index (χ1) is 10.1. The van der Waals surface area contributed by atoms with Gasteiger partial charge in [0.2, 0.25) is 0 Å². The molecule has 120 valence electrons. The van der Waals surface area contributed by atoms with Gasteiger partial charge >= 0.3 is 10.4 Å². The summed E-state index contributed by atoms with van der Waals surface area (Å²) in [5, 5.41) is 1.76. The van der Waals surface area contributed by atoms with Crippen LogP contribution in [0.1, 0.15) is 11.1 Å². The number of hydrogen-bond acceptors (Lipinski definition) is 5. The standard InChI is InChI=1S/C14H16O6S2/c1-10-3-4-12-9-13(5-6-14(12)11(10)2)21(15,16)8-7-20-22(17,18)19/h3-6,9H,7-8H2,1-2H3,(H,17,18,19). The predicted molar refractivity (Wildman–Crippen MR) is 83.0 cm³/mol. The molecule has 8 heteroatoms. The van der Waals surface area contributed by atoms with Crippen LogP contribution in [0.5, 0.6) is 0 Å². The van der Waals surface area contributed by atoms with Crippen molar-refractivity contribution in [3.63, 3.8) is 0 Å². The molecule has 2 aromatic rings. The Labute approximate surface area is 129 Å². The van der Waals surface area contributed by atoms with Gasteiger partial charge in [-0.2, -0.15) is 8.42 Å². The molecule has 0 radical (unpaired) electrons. The molecule has 0 amide bonds. The number of fused-ring (bicyclic) bond motifs is 1. The third-order valence-corrected chi connectivity index (χ3v) is 5.62. The second-order valence-corrected chi connectivity index (χ2v) is 8.16. The molecular weight excluding hydrogens is 328 g/mol. The molecule has 0 aromatic heterocycles. The molecule has 0 fully saturated rings. The van der Waals surface area contributed by atoms with Crippen LogP contribution in [0.25, 0.3) is 10.8 Å². The highest BCUT2D eigenvalue weighted by atomic mass is 32.3. The number of rotatable bonds is 5. The fourth-order valence-corrected chi connectivity index (χ4v) is 3.65. The Morgan fingerprint density at radius 3 is 2.36 bits per heavy atom. The Hall–Kier alpha value is -1.48. The first-order valence-electron chi connectivity index (χ1n) is 6.45. The van der Waals surface area contributed by atoms with Gasteiger partial charge in [-0.05, 0) is 47.9 Å². The van der Waals surface area contributed by atoms with Crippen LogP contribution in [0, 0.1) is 13.8 Å². The quantitative estimate of drug-likeness (QED) is 0.834. The zero-order valence-electron chi connectivity index (χ0n) is 12.1. The van der Waals surface area contributed by atoms with E-state index >= 15 is 0 Å². The zero-order valence-corrected chi connectivity index (χ0v) is 13.7. The fraction of sp³-hybridized carbons (Fsp3) is 0.286. The molecule has 0 bridgehead atoms. The van der Waals surface area contributed by atoms with Crippen LogP contribution < -0.4 is 0 Å². The van der Waals surface area contributed by atoms with Crippen LogP contribution >= 0.6 is 0 Å². The molecule has 2 rings (SSSR count). The molecule has 22 heavy (non-hydrogen) atoms. The van der Waals surface area contributed by atoms with Crippen molar-refractivity contribution in [2.24, 2.45) is 0 Å². The zero-order chi connectivity index (χ0) is 16.5. The second-order valence-electron chi connectivity index (χ2n) is 4.96. The molecule has 0 atom stereocenters.